The molecule has 13 aromatic rings. The van der Waals surface area contributed by atoms with E-state index in [0.717, 1.165) is 34.1 Å². The number of hydrogen-bond donors (Lipinski definition) is 0. The first-order valence-corrected chi connectivity index (χ1v) is 22.4. The molecule has 2 heteroatoms. The van der Waals surface area contributed by atoms with Gasteiger partial charge in [0.2, 0.25) is 0 Å². The SMILES string of the molecule is Cc1ccc(N(c2ccc(C)cc2)c2ccc3cc4c(cc3c2)c2cccc3c5cc6c7ccc(N(c8ccc(C)cc8)c8ccc(C)cc8)cc7c7cccc(c5cc4c23)c76)cc1. The van der Waals surface area contributed by atoms with Crippen LogP contribution in [0.2, 0.25) is 0 Å². The first-order chi connectivity index (χ1) is 31.3. The lowest BCUT2D eigenvalue weighted by molar-refractivity contribution is 1.27. The summed E-state index contributed by atoms with van der Waals surface area (Å²) in [6.45, 7) is 8.59. The van der Waals surface area contributed by atoms with Crippen molar-refractivity contribution in [2.45, 2.75) is 27.7 Å². The highest BCUT2D eigenvalue weighted by molar-refractivity contribution is 6.41. The van der Waals surface area contributed by atoms with Crippen molar-refractivity contribution in [2.75, 3.05) is 9.80 Å². The van der Waals surface area contributed by atoms with E-state index in [1.54, 1.807) is 0 Å². The van der Waals surface area contributed by atoms with Crippen LogP contribution in [0.4, 0.5) is 34.1 Å². The van der Waals surface area contributed by atoms with Gasteiger partial charge in [-0.1, -0.05) is 119 Å². The Kier molecular flexibility index (Phi) is 7.90. The Balaban J connectivity index is 1.01. The first-order valence-electron chi connectivity index (χ1n) is 22.4. The van der Waals surface area contributed by atoms with Crippen molar-refractivity contribution in [3.8, 4) is 0 Å². The smallest absolute Gasteiger partial charge is 0.0468 e. The zero-order valence-corrected chi connectivity index (χ0v) is 36.4. The van der Waals surface area contributed by atoms with Gasteiger partial charge in [-0.15, -0.1) is 0 Å². The van der Waals surface area contributed by atoms with Crippen LogP contribution in [0.25, 0.3) is 86.2 Å². The largest absolute Gasteiger partial charge is 0.310 e. The van der Waals surface area contributed by atoms with Crippen LogP contribution < -0.4 is 9.80 Å². The van der Waals surface area contributed by atoms with Crippen LogP contribution in [0.1, 0.15) is 22.3 Å². The van der Waals surface area contributed by atoms with Gasteiger partial charge in [-0.2, -0.15) is 0 Å². The second-order valence-corrected chi connectivity index (χ2v) is 18.1. The van der Waals surface area contributed by atoms with Crippen LogP contribution in [0.15, 0.2) is 194 Å². The van der Waals surface area contributed by atoms with E-state index in [2.05, 4.69) is 232 Å². The number of hydrogen-bond acceptors (Lipinski definition) is 2. The molecule has 0 aromatic heterocycles. The summed E-state index contributed by atoms with van der Waals surface area (Å²) in [6.07, 6.45) is 0. The minimum absolute atomic E-state index is 1.15. The van der Waals surface area contributed by atoms with E-state index in [0.29, 0.717) is 0 Å². The fourth-order valence-corrected chi connectivity index (χ4v) is 10.7. The number of fused-ring (bicyclic) bond motifs is 10. The Hall–Kier alpha value is -7.94. The quantitative estimate of drug-likeness (QED) is 0.154. The number of nitrogens with zero attached hydrogens (tertiary/aromatic N) is 2. The highest BCUT2D eigenvalue weighted by atomic mass is 15.1. The van der Waals surface area contributed by atoms with Crippen molar-refractivity contribution in [2.24, 2.45) is 0 Å². The van der Waals surface area contributed by atoms with Crippen molar-refractivity contribution in [3.63, 3.8) is 0 Å². The van der Waals surface area contributed by atoms with E-state index in [1.165, 1.54) is 108 Å². The molecule has 0 heterocycles. The van der Waals surface area contributed by atoms with E-state index >= 15 is 0 Å². The van der Waals surface area contributed by atoms with Crippen LogP contribution in [0.3, 0.4) is 0 Å². The van der Waals surface area contributed by atoms with Gasteiger partial charge in [-0.05, 0) is 211 Å². The molecule has 302 valence electrons. The van der Waals surface area contributed by atoms with Crippen molar-refractivity contribution < 1.29 is 0 Å². The Bertz CT molecular complexity index is 3870. The third-order valence-electron chi connectivity index (χ3n) is 13.9. The molecule has 0 atom stereocenters. The molecule has 13 rings (SSSR count). The van der Waals surface area contributed by atoms with Crippen LogP contribution in [0.5, 0.6) is 0 Å². The lowest BCUT2D eigenvalue weighted by Crippen LogP contribution is -2.09. The summed E-state index contributed by atoms with van der Waals surface area (Å²) < 4.78 is 0. The molecule has 0 bridgehead atoms. The number of rotatable bonds is 6. The predicted molar refractivity (Wildman–Crippen MR) is 277 cm³/mol. The standard InChI is InChI=1S/C62H44N2/c1-37-11-20-43(21-12-37)63(44-22-13-38(2)14-23-44)47-28-19-41-32-55-54(33-42(41)31-47)50-7-5-10-53-57-35-59-49-30-29-48(64(45-24-15-39(3)16-25-45)46-26-17-40(4)18-27-46)34-56(49)51-8-6-9-52(61(51)59)58(57)36-60(55)62(50)53/h5-36H,1-4H3. The number of anilines is 6. The summed E-state index contributed by atoms with van der Waals surface area (Å²) in [7, 11) is 0. The van der Waals surface area contributed by atoms with E-state index in [-0.39, 0.29) is 0 Å². The average Bonchev–Trinajstić information content (AvgIpc) is 3.81. The van der Waals surface area contributed by atoms with Gasteiger partial charge in [-0.3, -0.25) is 0 Å². The zero-order chi connectivity index (χ0) is 42.8. The van der Waals surface area contributed by atoms with E-state index in [1.807, 2.05) is 0 Å². The Morgan fingerprint density at radius 1 is 0.219 bits per heavy atom. The molecule has 13 aromatic carbocycles. The van der Waals surface area contributed by atoms with Gasteiger partial charge in [0.15, 0.2) is 0 Å². The molecule has 0 aliphatic carbocycles. The normalized spacial score (nSPS) is 12.1. The van der Waals surface area contributed by atoms with Gasteiger partial charge < -0.3 is 9.80 Å². The summed E-state index contributed by atoms with van der Waals surface area (Å²) in [6, 6.07) is 73.2. The topological polar surface area (TPSA) is 6.48 Å². The van der Waals surface area contributed by atoms with Gasteiger partial charge in [0, 0.05) is 34.1 Å². The minimum atomic E-state index is 1.15. The van der Waals surface area contributed by atoms with Gasteiger partial charge >= 0.3 is 0 Å². The molecule has 0 spiro atoms. The monoisotopic (exact) mass is 816 g/mol. The van der Waals surface area contributed by atoms with Crippen LogP contribution >= 0.6 is 0 Å². The summed E-state index contributed by atoms with van der Waals surface area (Å²) in [5.41, 5.74) is 11.9. The predicted octanol–water partition coefficient (Wildman–Crippen LogP) is 18.0. The van der Waals surface area contributed by atoms with Crippen molar-refractivity contribution in [3.05, 3.63) is 216 Å². The average molecular weight is 817 g/mol. The van der Waals surface area contributed by atoms with Gasteiger partial charge in [0.1, 0.15) is 0 Å². The highest BCUT2D eigenvalue weighted by Gasteiger charge is 2.22. The van der Waals surface area contributed by atoms with Gasteiger partial charge in [0.25, 0.3) is 0 Å². The summed E-state index contributed by atoms with van der Waals surface area (Å²) in [5, 5.41) is 20.9. The van der Waals surface area contributed by atoms with E-state index in [4.69, 9.17) is 0 Å². The second-order valence-electron chi connectivity index (χ2n) is 18.1. The highest BCUT2D eigenvalue weighted by Crippen LogP contribution is 2.49. The maximum atomic E-state index is 2.50. The maximum Gasteiger partial charge on any atom is 0.0468 e. The van der Waals surface area contributed by atoms with Gasteiger partial charge in [0.05, 0.1) is 0 Å². The van der Waals surface area contributed by atoms with Crippen LogP contribution in [-0.4, -0.2) is 0 Å². The Labute approximate surface area is 372 Å². The first kappa shape index (κ1) is 36.7. The van der Waals surface area contributed by atoms with Gasteiger partial charge in [-0.25, -0.2) is 0 Å². The molecule has 0 aliphatic rings. The zero-order valence-electron chi connectivity index (χ0n) is 36.4. The fourth-order valence-electron chi connectivity index (χ4n) is 10.7. The Morgan fingerprint density at radius 3 is 1.00 bits per heavy atom. The number of aryl methyl sites for hydroxylation is 4. The molecule has 0 saturated heterocycles. The molecule has 0 saturated carbocycles. The maximum absolute atomic E-state index is 2.50. The molecule has 0 N–H and O–H groups in total. The van der Waals surface area contributed by atoms with E-state index < -0.39 is 0 Å². The molecule has 0 aliphatic heterocycles. The fraction of sp³-hybridized carbons (Fsp3) is 0.0645. The molecule has 0 fully saturated rings. The van der Waals surface area contributed by atoms with Crippen LogP contribution in [-0.2, 0) is 0 Å². The molecule has 0 amide bonds. The lowest BCUT2D eigenvalue weighted by Gasteiger charge is -2.26. The van der Waals surface area contributed by atoms with Crippen molar-refractivity contribution in [1.82, 2.24) is 0 Å². The third kappa shape index (κ3) is 5.52. The molecule has 0 radical (unpaired) electrons. The van der Waals surface area contributed by atoms with Crippen molar-refractivity contribution in [1.29, 1.82) is 0 Å². The molecular formula is C62H44N2. The Morgan fingerprint density at radius 2 is 0.547 bits per heavy atom. The third-order valence-corrected chi connectivity index (χ3v) is 13.9. The van der Waals surface area contributed by atoms with Crippen molar-refractivity contribution >= 4 is 120 Å². The number of benzene rings is 11. The molecular weight excluding hydrogens is 773 g/mol. The minimum Gasteiger partial charge on any atom is -0.310 e. The second kappa shape index (κ2) is 13.8. The molecule has 64 heavy (non-hydrogen) atoms. The lowest BCUT2D eigenvalue weighted by atomic mass is 9.93. The summed E-state index contributed by atoms with van der Waals surface area (Å²) in [5.74, 6) is 0. The molecule has 2 nitrogen and oxygen atoms in total. The van der Waals surface area contributed by atoms with E-state index in [9.17, 15) is 0 Å². The summed E-state index contributed by atoms with van der Waals surface area (Å²) in [4.78, 5) is 4.76. The molecule has 0 unspecified atom stereocenters. The van der Waals surface area contributed by atoms with Crippen LogP contribution in [0, 0.1) is 27.7 Å². The summed E-state index contributed by atoms with van der Waals surface area (Å²) >= 11 is 0.